The highest BCUT2D eigenvalue weighted by Crippen LogP contribution is 2.37. The smallest absolute Gasteiger partial charge is 0.251 e. The Morgan fingerprint density at radius 1 is 1.17 bits per heavy atom. The molecule has 0 aliphatic rings. The van der Waals surface area contributed by atoms with E-state index in [9.17, 15) is 9.90 Å². The topological polar surface area (TPSA) is 89.8 Å². The third-order valence-electron chi connectivity index (χ3n) is 5.20. The molecular formula is C23H27BrN4O2. The van der Waals surface area contributed by atoms with Crippen molar-refractivity contribution in [3.05, 3.63) is 52.5 Å². The van der Waals surface area contributed by atoms with E-state index in [1.54, 1.807) is 24.3 Å². The van der Waals surface area contributed by atoms with Gasteiger partial charge in [0, 0.05) is 22.0 Å². The number of benzene rings is 2. The normalized spacial score (nSPS) is 12.5. The van der Waals surface area contributed by atoms with Crippen LogP contribution in [-0.2, 0) is 0 Å². The van der Waals surface area contributed by atoms with Gasteiger partial charge < -0.3 is 15.4 Å². The average Bonchev–Trinajstić information content (AvgIpc) is 3.06. The number of rotatable bonds is 9. The lowest BCUT2D eigenvalue weighted by atomic mass is 9.99. The number of unbranched alkanes of at least 4 members (excludes halogenated alkanes) is 1. The first-order chi connectivity index (χ1) is 14.5. The van der Waals surface area contributed by atoms with Crippen LogP contribution < -0.4 is 5.32 Å². The van der Waals surface area contributed by atoms with Crippen molar-refractivity contribution in [3.63, 3.8) is 0 Å². The summed E-state index contributed by atoms with van der Waals surface area (Å²) < 4.78 is 0.890. The van der Waals surface area contributed by atoms with Crippen molar-refractivity contribution < 1.29 is 9.90 Å². The predicted molar refractivity (Wildman–Crippen MR) is 124 cm³/mol. The van der Waals surface area contributed by atoms with Gasteiger partial charge in [0.15, 0.2) is 5.69 Å². The van der Waals surface area contributed by atoms with Gasteiger partial charge in [0.25, 0.3) is 5.91 Å². The molecular weight excluding hydrogens is 444 g/mol. The SMILES string of the molecule is CCCCC(CC)CNC(=O)c1ccc(N=Nc2c(O)[nH]c3ccc(Br)cc23)cc1. The maximum absolute atomic E-state index is 12.4. The second-order valence-electron chi connectivity index (χ2n) is 7.39. The van der Waals surface area contributed by atoms with Gasteiger partial charge in [-0.15, -0.1) is 5.11 Å². The second kappa shape index (κ2) is 10.4. The number of hydrogen-bond acceptors (Lipinski definition) is 4. The molecule has 0 bridgehead atoms. The van der Waals surface area contributed by atoms with E-state index in [0.29, 0.717) is 29.4 Å². The summed E-state index contributed by atoms with van der Waals surface area (Å²) >= 11 is 3.43. The number of amides is 1. The molecule has 0 spiro atoms. The minimum atomic E-state index is -0.0763. The monoisotopic (exact) mass is 470 g/mol. The van der Waals surface area contributed by atoms with E-state index in [4.69, 9.17) is 0 Å². The summed E-state index contributed by atoms with van der Waals surface area (Å²) in [4.78, 5) is 15.3. The van der Waals surface area contributed by atoms with Crippen LogP contribution in [0.2, 0.25) is 0 Å². The summed E-state index contributed by atoms with van der Waals surface area (Å²) in [6, 6.07) is 12.6. The Bertz CT molecular complexity index is 1030. The van der Waals surface area contributed by atoms with E-state index < -0.39 is 0 Å². The minimum Gasteiger partial charge on any atom is -0.493 e. The van der Waals surface area contributed by atoms with Gasteiger partial charge in [0.2, 0.25) is 5.88 Å². The fraction of sp³-hybridized carbons (Fsp3) is 0.348. The van der Waals surface area contributed by atoms with E-state index in [0.717, 1.165) is 28.2 Å². The Labute approximate surface area is 184 Å². The Hall–Kier alpha value is -2.67. The predicted octanol–water partition coefficient (Wildman–Crippen LogP) is 7.00. The number of carbonyl (C=O) groups excluding carboxylic acids is 1. The Kier molecular flexibility index (Phi) is 7.63. The van der Waals surface area contributed by atoms with Crippen LogP contribution in [0.25, 0.3) is 10.9 Å². The highest BCUT2D eigenvalue weighted by Gasteiger charge is 2.12. The quantitative estimate of drug-likeness (QED) is 0.293. The van der Waals surface area contributed by atoms with Gasteiger partial charge in [-0.2, -0.15) is 5.11 Å². The number of halogens is 1. The van der Waals surface area contributed by atoms with Gasteiger partial charge in [-0.3, -0.25) is 4.79 Å². The molecule has 1 amide bonds. The summed E-state index contributed by atoms with van der Waals surface area (Å²) in [5.74, 6) is 0.412. The van der Waals surface area contributed by atoms with Crippen molar-refractivity contribution in [3.8, 4) is 5.88 Å². The summed E-state index contributed by atoms with van der Waals surface area (Å²) in [6.45, 7) is 5.05. The van der Waals surface area contributed by atoms with Gasteiger partial charge in [-0.1, -0.05) is 49.0 Å². The number of aromatic nitrogens is 1. The molecule has 0 fully saturated rings. The Balaban J connectivity index is 1.65. The molecule has 2 aromatic carbocycles. The van der Waals surface area contributed by atoms with Crippen molar-refractivity contribution in [1.29, 1.82) is 0 Å². The molecule has 0 aliphatic heterocycles. The summed E-state index contributed by atoms with van der Waals surface area (Å²) in [5, 5.41) is 22.3. The lowest BCUT2D eigenvalue weighted by Gasteiger charge is -2.15. The molecule has 1 atom stereocenters. The van der Waals surface area contributed by atoms with E-state index in [-0.39, 0.29) is 11.8 Å². The largest absolute Gasteiger partial charge is 0.493 e. The molecule has 3 rings (SSSR count). The first-order valence-corrected chi connectivity index (χ1v) is 11.1. The molecule has 1 aromatic heterocycles. The second-order valence-corrected chi connectivity index (χ2v) is 8.30. The molecule has 1 heterocycles. The highest BCUT2D eigenvalue weighted by atomic mass is 79.9. The summed E-state index contributed by atoms with van der Waals surface area (Å²) in [5.41, 5.74) is 2.36. The molecule has 30 heavy (non-hydrogen) atoms. The van der Waals surface area contributed by atoms with Crippen LogP contribution >= 0.6 is 15.9 Å². The number of nitrogens with one attached hydrogen (secondary N) is 2. The van der Waals surface area contributed by atoms with Crippen LogP contribution in [0.4, 0.5) is 11.4 Å². The number of H-pyrrole nitrogens is 1. The zero-order valence-electron chi connectivity index (χ0n) is 17.3. The first kappa shape index (κ1) is 22.0. The lowest BCUT2D eigenvalue weighted by Crippen LogP contribution is -2.29. The summed E-state index contributed by atoms with van der Waals surface area (Å²) in [7, 11) is 0. The molecule has 0 radical (unpaired) electrons. The van der Waals surface area contributed by atoms with Crippen molar-refractivity contribution in [2.24, 2.45) is 16.1 Å². The van der Waals surface area contributed by atoms with E-state index in [1.807, 2.05) is 18.2 Å². The van der Waals surface area contributed by atoms with Crippen LogP contribution in [0.5, 0.6) is 5.88 Å². The number of aromatic amines is 1. The first-order valence-electron chi connectivity index (χ1n) is 10.3. The van der Waals surface area contributed by atoms with Crippen LogP contribution in [0.3, 0.4) is 0 Å². The lowest BCUT2D eigenvalue weighted by molar-refractivity contribution is 0.0946. The van der Waals surface area contributed by atoms with E-state index >= 15 is 0 Å². The van der Waals surface area contributed by atoms with Crippen molar-refractivity contribution in [2.45, 2.75) is 39.5 Å². The third-order valence-corrected chi connectivity index (χ3v) is 5.70. The summed E-state index contributed by atoms with van der Waals surface area (Å²) in [6.07, 6.45) is 4.58. The van der Waals surface area contributed by atoms with Gasteiger partial charge in [0.05, 0.1) is 11.2 Å². The van der Waals surface area contributed by atoms with Gasteiger partial charge >= 0.3 is 0 Å². The third kappa shape index (κ3) is 5.48. The fourth-order valence-corrected chi connectivity index (χ4v) is 3.67. The fourth-order valence-electron chi connectivity index (χ4n) is 3.31. The Morgan fingerprint density at radius 2 is 1.93 bits per heavy atom. The highest BCUT2D eigenvalue weighted by molar-refractivity contribution is 9.10. The Morgan fingerprint density at radius 3 is 2.63 bits per heavy atom. The maximum Gasteiger partial charge on any atom is 0.251 e. The molecule has 1 unspecified atom stereocenters. The average molecular weight is 471 g/mol. The number of azo groups is 1. The zero-order valence-corrected chi connectivity index (χ0v) is 18.9. The number of aromatic hydroxyl groups is 1. The van der Waals surface area contributed by atoms with Gasteiger partial charge in [-0.05, 0) is 54.8 Å². The van der Waals surface area contributed by atoms with Crippen molar-refractivity contribution >= 4 is 44.1 Å². The van der Waals surface area contributed by atoms with Crippen molar-refractivity contribution in [2.75, 3.05) is 6.54 Å². The van der Waals surface area contributed by atoms with Crippen LogP contribution in [0.15, 0.2) is 57.2 Å². The molecule has 158 valence electrons. The zero-order chi connectivity index (χ0) is 21.5. The number of fused-ring (bicyclic) bond motifs is 1. The molecule has 7 heteroatoms. The van der Waals surface area contributed by atoms with Crippen molar-refractivity contribution in [1.82, 2.24) is 10.3 Å². The number of carbonyl (C=O) groups is 1. The molecule has 0 saturated carbocycles. The molecule has 3 aromatic rings. The molecule has 3 N–H and O–H groups in total. The standard InChI is InChI=1S/C23H27BrN4O2/c1-3-5-6-15(4-2)14-25-22(29)16-7-10-18(11-8-16)27-28-21-19-13-17(24)9-12-20(19)26-23(21)30/h7-13,15,26,30H,3-6,14H2,1-2H3,(H,25,29). The minimum absolute atomic E-state index is 0.0311. The maximum atomic E-state index is 12.4. The van der Waals surface area contributed by atoms with Crippen LogP contribution in [0.1, 0.15) is 49.9 Å². The number of hydrogen-bond donors (Lipinski definition) is 3. The number of nitrogens with zero attached hydrogens (tertiary/aromatic N) is 2. The van der Waals surface area contributed by atoms with E-state index in [1.165, 1.54) is 12.8 Å². The van der Waals surface area contributed by atoms with Gasteiger partial charge in [-0.25, -0.2) is 0 Å². The van der Waals surface area contributed by atoms with E-state index in [2.05, 4.69) is 50.3 Å². The van der Waals surface area contributed by atoms with Crippen LogP contribution in [0, 0.1) is 5.92 Å². The van der Waals surface area contributed by atoms with Gasteiger partial charge in [0.1, 0.15) is 0 Å². The molecule has 0 saturated heterocycles. The molecule has 0 aliphatic carbocycles. The molecule has 6 nitrogen and oxygen atoms in total. The van der Waals surface area contributed by atoms with Crippen LogP contribution in [-0.4, -0.2) is 22.5 Å².